The summed E-state index contributed by atoms with van der Waals surface area (Å²) in [5.41, 5.74) is 0. The number of nitrogens with zero attached hydrogens (tertiary/aromatic N) is 1. The SMILES string of the molecule is C#CCNS(=O)(=O)CC#N. The molecule has 0 radical (unpaired) electrons. The van der Waals surface area contributed by atoms with Crippen LogP contribution < -0.4 is 4.72 Å². The van der Waals surface area contributed by atoms with E-state index in [1.54, 1.807) is 0 Å². The van der Waals surface area contributed by atoms with Crippen molar-refractivity contribution in [1.82, 2.24) is 4.72 Å². The highest BCUT2D eigenvalue weighted by atomic mass is 32.2. The Morgan fingerprint density at radius 3 is 2.60 bits per heavy atom. The lowest BCUT2D eigenvalue weighted by Crippen LogP contribution is -2.25. The van der Waals surface area contributed by atoms with Crippen LogP contribution in [0.3, 0.4) is 0 Å². The maximum Gasteiger partial charge on any atom is 0.225 e. The second-order valence-corrected chi connectivity index (χ2v) is 3.25. The quantitative estimate of drug-likeness (QED) is 0.539. The van der Waals surface area contributed by atoms with Gasteiger partial charge in [-0.1, -0.05) is 5.92 Å². The van der Waals surface area contributed by atoms with Crippen LogP contribution in [0, 0.1) is 23.7 Å². The van der Waals surface area contributed by atoms with Gasteiger partial charge in [0, 0.05) is 0 Å². The van der Waals surface area contributed by atoms with E-state index in [1.165, 1.54) is 6.07 Å². The van der Waals surface area contributed by atoms with E-state index in [4.69, 9.17) is 11.7 Å². The Hall–Kier alpha value is -1.04. The highest BCUT2D eigenvalue weighted by Crippen LogP contribution is 1.78. The minimum atomic E-state index is -3.45. The lowest BCUT2D eigenvalue weighted by atomic mass is 10.7. The molecule has 5 heteroatoms. The minimum absolute atomic E-state index is 0.0655. The lowest BCUT2D eigenvalue weighted by molar-refractivity contribution is 0.589. The largest absolute Gasteiger partial charge is 0.225 e. The Kier molecular flexibility index (Phi) is 3.48. The Bertz CT molecular complexity index is 267. The molecular weight excluding hydrogens is 152 g/mol. The summed E-state index contributed by atoms with van der Waals surface area (Å²) in [6.07, 6.45) is 4.77. The molecule has 0 fully saturated rings. The van der Waals surface area contributed by atoms with Crippen LogP contribution in [0.15, 0.2) is 0 Å². The van der Waals surface area contributed by atoms with Gasteiger partial charge in [-0.15, -0.1) is 6.42 Å². The monoisotopic (exact) mass is 158 g/mol. The van der Waals surface area contributed by atoms with Crippen LogP contribution in [0.4, 0.5) is 0 Å². The van der Waals surface area contributed by atoms with Gasteiger partial charge in [0.2, 0.25) is 10.0 Å². The molecule has 0 bridgehead atoms. The fraction of sp³-hybridized carbons (Fsp3) is 0.400. The first-order chi connectivity index (χ1) is 4.62. The van der Waals surface area contributed by atoms with E-state index in [-0.39, 0.29) is 6.54 Å². The molecule has 0 heterocycles. The first-order valence-electron chi connectivity index (χ1n) is 2.40. The van der Waals surface area contributed by atoms with Crippen molar-refractivity contribution in [2.24, 2.45) is 0 Å². The van der Waals surface area contributed by atoms with Crippen molar-refractivity contribution in [3.05, 3.63) is 0 Å². The number of nitriles is 1. The Labute approximate surface area is 59.9 Å². The summed E-state index contributed by atoms with van der Waals surface area (Å²) < 4.78 is 23.1. The predicted octanol–water partition coefficient (Wildman–Crippen LogP) is -0.937. The van der Waals surface area contributed by atoms with Crippen LogP contribution in [-0.2, 0) is 10.0 Å². The van der Waals surface area contributed by atoms with Gasteiger partial charge in [-0.2, -0.15) is 5.26 Å². The standard InChI is InChI=1S/C5H6N2O2S/c1-2-4-7-10(8,9)5-3-6/h1,7H,4-5H2. The molecule has 1 N–H and O–H groups in total. The molecule has 0 saturated heterocycles. The van der Waals surface area contributed by atoms with Crippen molar-refractivity contribution in [3.8, 4) is 18.4 Å². The summed E-state index contributed by atoms with van der Waals surface area (Å²) in [7, 11) is -3.45. The highest BCUT2D eigenvalue weighted by molar-refractivity contribution is 7.89. The smallest absolute Gasteiger partial charge is 0.211 e. The van der Waals surface area contributed by atoms with Gasteiger partial charge in [0.15, 0.2) is 5.75 Å². The topological polar surface area (TPSA) is 70.0 Å². The minimum Gasteiger partial charge on any atom is -0.211 e. The molecule has 0 spiro atoms. The van der Waals surface area contributed by atoms with Gasteiger partial charge in [-0.25, -0.2) is 13.1 Å². The van der Waals surface area contributed by atoms with Crippen LogP contribution >= 0.6 is 0 Å². The fourth-order valence-corrected chi connectivity index (χ4v) is 0.863. The molecule has 0 unspecified atom stereocenters. The maximum atomic E-state index is 10.6. The predicted molar refractivity (Wildman–Crippen MR) is 36.2 cm³/mol. The van der Waals surface area contributed by atoms with Crippen molar-refractivity contribution in [1.29, 1.82) is 5.26 Å². The van der Waals surface area contributed by atoms with Gasteiger partial charge < -0.3 is 0 Å². The van der Waals surface area contributed by atoms with Crippen LogP contribution in [0.1, 0.15) is 0 Å². The van der Waals surface area contributed by atoms with Crippen molar-refractivity contribution in [2.45, 2.75) is 0 Å². The molecule has 10 heavy (non-hydrogen) atoms. The van der Waals surface area contributed by atoms with E-state index < -0.39 is 15.8 Å². The molecule has 0 aliphatic heterocycles. The Morgan fingerprint density at radius 1 is 1.60 bits per heavy atom. The lowest BCUT2D eigenvalue weighted by Gasteiger charge is -1.95. The summed E-state index contributed by atoms with van der Waals surface area (Å²) in [6.45, 7) is -0.0655. The number of terminal acetylenes is 1. The van der Waals surface area contributed by atoms with Gasteiger partial charge in [-0.3, -0.25) is 0 Å². The van der Waals surface area contributed by atoms with Crippen LogP contribution in [0.5, 0.6) is 0 Å². The zero-order chi connectivity index (χ0) is 8.04. The number of hydrogen-bond donors (Lipinski definition) is 1. The average molecular weight is 158 g/mol. The summed E-state index contributed by atoms with van der Waals surface area (Å²) >= 11 is 0. The number of nitrogens with one attached hydrogen (secondary N) is 1. The first-order valence-corrected chi connectivity index (χ1v) is 4.05. The molecule has 4 nitrogen and oxygen atoms in total. The van der Waals surface area contributed by atoms with Crippen molar-refractivity contribution in [2.75, 3.05) is 12.3 Å². The molecule has 0 saturated carbocycles. The van der Waals surface area contributed by atoms with Crippen LogP contribution in [0.2, 0.25) is 0 Å². The summed E-state index contributed by atoms with van der Waals surface area (Å²) in [5.74, 6) is 1.54. The molecule has 0 atom stereocenters. The third-order valence-corrected chi connectivity index (χ3v) is 1.74. The van der Waals surface area contributed by atoms with Crippen molar-refractivity contribution >= 4 is 10.0 Å². The average Bonchev–Trinajstić information content (AvgIpc) is 1.84. The van der Waals surface area contributed by atoms with Gasteiger partial charge >= 0.3 is 0 Å². The molecule has 54 valence electrons. The van der Waals surface area contributed by atoms with E-state index in [0.29, 0.717) is 0 Å². The van der Waals surface area contributed by atoms with Gasteiger partial charge in [-0.05, 0) is 0 Å². The number of rotatable bonds is 3. The number of sulfonamides is 1. The van der Waals surface area contributed by atoms with Crippen molar-refractivity contribution < 1.29 is 8.42 Å². The van der Waals surface area contributed by atoms with E-state index in [1.807, 2.05) is 4.72 Å². The highest BCUT2D eigenvalue weighted by Gasteiger charge is 2.05. The molecule has 0 aromatic carbocycles. The first kappa shape index (κ1) is 8.96. The molecule has 0 rings (SSSR count). The number of hydrogen-bond acceptors (Lipinski definition) is 3. The van der Waals surface area contributed by atoms with Gasteiger partial charge in [0.1, 0.15) is 0 Å². The molecule has 0 aliphatic rings. The normalized spacial score (nSPS) is 9.80. The summed E-state index contributed by atoms with van der Waals surface area (Å²) in [4.78, 5) is 0. The second kappa shape index (κ2) is 3.89. The van der Waals surface area contributed by atoms with Crippen LogP contribution in [-0.4, -0.2) is 20.7 Å². The molecule has 0 aromatic rings. The molecule has 0 aromatic heterocycles. The summed E-state index contributed by atoms with van der Waals surface area (Å²) in [5, 5.41) is 7.98. The van der Waals surface area contributed by atoms with Crippen LogP contribution in [0.25, 0.3) is 0 Å². The van der Waals surface area contributed by atoms with Gasteiger partial charge in [0.25, 0.3) is 0 Å². The van der Waals surface area contributed by atoms with Gasteiger partial charge in [0.05, 0.1) is 12.6 Å². The Balaban J connectivity index is 3.95. The zero-order valence-corrected chi connectivity index (χ0v) is 5.98. The van der Waals surface area contributed by atoms with E-state index in [9.17, 15) is 8.42 Å². The molecule has 0 amide bonds. The second-order valence-electron chi connectivity index (χ2n) is 1.44. The molecular formula is C5H6N2O2S. The zero-order valence-electron chi connectivity index (χ0n) is 5.16. The van der Waals surface area contributed by atoms with Crippen molar-refractivity contribution in [3.63, 3.8) is 0 Å². The summed E-state index contributed by atoms with van der Waals surface area (Å²) in [6, 6.07) is 1.50. The van der Waals surface area contributed by atoms with E-state index in [2.05, 4.69) is 5.92 Å². The van der Waals surface area contributed by atoms with E-state index in [0.717, 1.165) is 0 Å². The maximum absolute atomic E-state index is 10.6. The molecule has 0 aliphatic carbocycles. The Morgan fingerprint density at radius 2 is 2.20 bits per heavy atom. The van der Waals surface area contributed by atoms with E-state index >= 15 is 0 Å². The fourth-order valence-electron chi connectivity index (χ4n) is 0.288. The third-order valence-electron chi connectivity index (χ3n) is 0.649. The third kappa shape index (κ3) is 3.90.